The van der Waals surface area contributed by atoms with E-state index in [1.54, 1.807) is 18.2 Å². The number of aryl methyl sites for hydroxylation is 1. The van der Waals surface area contributed by atoms with E-state index in [0.29, 0.717) is 34.2 Å². The van der Waals surface area contributed by atoms with Gasteiger partial charge in [-0.3, -0.25) is 4.79 Å². The Kier molecular flexibility index (Phi) is 8.51. The molecule has 0 spiro atoms. The van der Waals surface area contributed by atoms with Gasteiger partial charge in [-0.15, -0.1) is 10.2 Å². The normalized spacial score (nSPS) is 14.3. The zero-order chi connectivity index (χ0) is 20.6. The Hall–Kier alpha value is -1.44. The van der Waals surface area contributed by atoms with Gasteiger partial charge in [0.2, 0.25) is 5.91 Å². The predicted molar refractivity (Wildman–Crippen MR) is 117 cm³/mol. The largest absolute Gasteiger partial charge is 0.492 e. The highest BCUT2D eigenvalue weighted by Gasteiger charge is 2.18. The molecule has 1 fully saturated rings. The number of benzene rings is 1. The lowest BCUT2D eigenvalue weighted by molar-refractivity contribution is -0.119. The van der Waals surface area contributed by atoms with E-state index in [-0.39, 0.29) is 5.91 Å². The van der Waals surface area contributed by atoms with Crippen molar-refractivity contribution >= 4 is 40.9 Å². The van der Waals surface area contributed by atoms with Crippen molar-refractivity contribution in [2.75, 3.05) is 12.4 Å². The van der Waals surface area contributed by atoms with Crippen molar-refractivity contribution < 1.29 is 9.53 Å². The minimum absolute atomic E-state index is 0.0716. The third-order valence-electron chi connectivity index (χ3n) is 4.86. The molecule has 1 aliphatic rings. The molecule has 0 unspecified atom stereocenters. The van der Waals surface area contributed by atoms with Crippen LogP contribution in [-0.4, -0.2) is 39.1 Å². The molecular formula is C20H26Cl2N4O2S. The van der Waals surface area contributed by atoms with Crippen LogP contribution in [0.15, 0.2) is 23.4 Å². The number of aromatic nitrogens is 3. The Morgan fingerprint density at radius 3 is 2.83 bits per heavy atom. The van der Waals surface area contributed by atoms with Gasteiger partial charge in [-0.1, -0.05) is 47.8 Å². The van der Waals surface area contributed by atoms with Crippen LogP contribution in [0, 0.1) is 0 Å². The molecule has 1 heterocycles. The van der Waals surface area contributed by atoms with Gasteiger partial charge in [0.05, 0.1) is 17.4 Å². The number of rotatable bonds is 10. The van der Waals surface area contributed by atoms with E-state index >= 15 is 0 Å². The number of carbonyl (C=O) groups is 1. The molecule has 0 radical (unpaired) electrons. The molecule has 1 amide bonds. The molecule has 0 aliphatic heterocycles. The topological polar surface area (TPSA) is 69.0 Å². The quantitative estimate of drug-likeness (QED) is 0.411. The van der Waals surface area contributed by atoms with Gasteiger partial charge >= 0.3 is 0 Å². The zero-order valence-electron chi connectivity index (χ0n) is 16.5. The van der Waals surface area contributed by atoms with E-state index in [1.807, 2.05) is 0 Å². The summed E-state index contributed by atoms with van der Waals surface area (Å²) < 4.78 is 7.79. The predicted octanol–water partition coefficient (Wildman–Crippen LogP) is 4.77. The van der Waals surface area contributed by atoms with Crippen molar-refractivity contribution in [2.24, 2.45) is 0 Å². The van der Waals surface area contributed by atoms with Crippen LogP contribution in [0.4, 0.5) is 0 Å². The van der Waals surface area contributed by atoms with Crippen molar-refractivity contribution in [2.45, 2.75) is 63.2 Å². The maximum atomic E-state index is 12.1. The third kappa shape index (κ3) is 6.52. The molecule has 1 saturated carbocycles. The summed E-state index contributed by atoms with van der Waals surface area (Å²) in [6, 6.07) is 5.53. The summed E-state index contributed by atoms with van der Waals surface area (Å²) >= 11 is 13.5. The molecule has 1 aliphatic carbocycles. The van der Waals surface area contributed by atoms with Gasteiger partial charge in [-0.2, -0.15) is 0 Å². The number of nitrogens with one attached hydrogen (secondary N) is 1. The minimum atomic E-state index is 0.0716. The van der Waals surface area contributed by atoms with Gasteiger partial charge in [0.1, 0.15) is 11.6 Å². The van der Waals surface area contributed by atoms with Gasteiger partial charge in [0.25, 0.3) is 0 Å². The number of nitrogens with zero attached hydrogens (tertiary/aromatic N) is 3. The highest BCUT2D eigenvalue weighted by atomic mass is 35.5. The van der Waals surface area contributed by atoms with Crippen LogP contribution in [0.1, 0.15) is 44.9 Å². The van der Waals surface area contributed by atoms with Crippen LogP contribution in [0.25, 0.3) is 0 Å². The second-order valence-electron chi connectivity index (χ2n) is 7.01. The molecule has 0 bridgehead atoms. The van der Waals surface area contributed by atoms with Gasteiger partial charge in [-0.25, -0.2) is 0 Å². The lowest BCUT2D eigenvalue weighted by Crippen LogP contribution is -2.33. The smallest absolute Gasteiger partial charge is 0.230 e. The van der Waals surface area contributed by atoms with E-state index in [1.165, 1.54) is 24.6 Å². The molecule has 0 saturated heterocycles. The second kappa shape index (κ2) is 11.1. The molecule has 3 rings (SSSR count). The highest BCUT2D eigenvalue weighted by Crippen LogP contribution is 2.27. The maximum absolute atomic E-state index is 12.1. The molecule has 1 aromatic carbocycles. The number of thioether (sulfide) groups is 1. The van der Waals surface area contributed by atoms with Crippen LogP contribution < -0.4 is 10.1 Å². The fourth-order valence-corrected chi connectivity index (χ4v) is 4.70. The average molecular weight is 457 g/mol. The van der Waals surface area contributed by atoms with Crippen molar-refractivity contribution in [1.29, 1.82) is 0 Å². The first-order valence-electron chi connectivity index (χ1n) is 9.99. The summed E-state index contributed by atoms with van der Waals surface area (Å²) in [5.41, 5.74) is 0. The first-order valence-corrected chi connectivity index (χ1v) is 11.7. The van der Waals surface area contributed by atoms with Crippen LogP contribution in [-0.2, 0) is 17.8 Å². The SMILES string of the molecule is CCn1c(CCCOc2ccc(Cl)cc2Cl)nnc1SCC(=O)NC1CCCC1. The summed E-state index contributed by atoms with van der Waals surface area (Å²) in [6.45, 7) is 3.34. The second-order valence-corrected chi connectivity index (χ2v) is 8.79. The van der Waals surface area contributed by atoms with Gasteiger partial charge < -0.3 is 14.6 Å². The number of carbonyl (C=O) groups excluding carboxylic acids is 1. The van der Waals surface area contributed by atoms with E-state index in [2.05, 4.69) is 27.0 Å². The lowest BCUT2D eigenvalue weighted by Gasteiger charge is -2.12. The molecule has 1 N–H and O–H groups in total. The van der Waals surface area contributed by atoms with Crippen molar-refractivity contribution in [3.63, 3.8) is 0 Å². The van der Waals surface area contributed by atoms with E-state index in [4.69, 9.17) is 27.9 Å². The summed E-state index contributed by atoms with van der Waals surface area (Å²) in [4.78, 5) is 12.1. The number of hydrogen-bond donors (Lipinski definition) is 1. The Bertz CT molecular complexity index is 825. The molecule has 0 atom stereocenters. The third-order valence-corrected chi connectivity index (χ3v) is 6.36. The molecule has 6 nitrogen and oxygen atoms in total. The van der Waals surface area contributed by atoms with Crippen LogP contribution in [0.2, 0.25) is 10.0 Å². The number of halogens is 2. The molecule has 9 heteroatoms. The number of amides is 1. The van der Waals surface area contributed by atoms with Gasteiger partial charge in [-0.05, 0) is 44.4 Å². The Labute approximate surface area is 185 Å². The van der Waals surface area contributed by atoms with Crippen molar-refractivity contribution in [3.05, 3.63) is 34.1 Å². The standard InChI is InChI=1S/C20H26Cl2N4O2S/c1-2-26-18(8-5-11-28-17-10-9-14(21)12-16(17)22)24-25-20(26)29-13-19(27)23-15-6-3-4-7-15/h9-10,12,15H,2-8,11,13H2,1H3,(H,23,27). The monoisotopic (exact) mass is 456 g/mol. The number of hydrogen-bond acceptors (Lipinski definition) is 5. The molecule has 158 valence electrons. The molecule has 1 aromatic heterocycles. The Morgan fingerprint density at radius 2 is 2.10 bits per heavy atom. The first-order chi connectivity index (χ1) is 14.1. The Morgan fingerprint density at radius 1 is 1.31 bits per heavy atom. The number of ether oxygens (including phenoxy) is 1. The van der Waals surface area contributed by atoms with Gasteiger partial charge in [0.15, 0.2) is 5.16 Å². The first kappa shape index (κ1) is 22.2. The average Bonchev–Trinajstić information content (AvgIpc) is 3.34. The van der Waals surface area contributed by atoms with E-state index in [9.17, 15) is 4.79 Å². The van der Waals surface area contributed by atoms with Crippen LogP contribution in [0.5, 0.6) is 5.75 Å². The van der Waals surface area contributed by atoms with Crippen LogP contribution >= 0.6 is 35.0 Å². The molecule has 29 heavy (non-hydrogen) atoms. The van der Waals surface area contributed by atoms with Crippen molar-refractivity contribution in [1.82, 2.24) is 20.1 Å². The van der Waals surface area contributed by atoms with E-state index < -0.39 is 0 Å². The fourth-order valence-electron chi connectivity index (χ4n) is 3.40. The summed E-state index contributed by atoms with van der Waals surface area (Å²) in [5.74, 6) is 1.96. The fraction of sp³-hybridized carbons (Fsp3) is 0.550. The summed E-state index contributed by atoms with van der Waals surface area (Å²) in [6.07, 6.45) is 6.12. The summed E-state index contributed by atoms with van der Waals surface area (Å²) in [7, 11) is 0. The molecule has 2 aromatic rings. The van der Waals surface area contributed by atoms with Gasteiger partial charge in [0, 0.05) is 24.0 Å². The zero-order valence-corrected chi connectivity index (χ0v) is 18.8. The maximum Gasteiger partial charge on any atom is 0.230 e. The lowest BCUT2D eigenvalue weighted by atomic mass is 10.2. The summed E-state index contributed by atoms with van der Waals surface area (Å²) in [5, 5.41) is 13.6. The highest BCUT2D eigenvalue weighted by molar-refractivity contribution is 7.99. The van der Waals surface area contributed by atoms with E-state index in [0.717, 1.165) is 43.2 Å². The molecular weight excluding hydrogens is 431 g/mol. The minimum Gasteiger partial charge on any atom is -0.492 e. The van der Waals surface area contributed by atoms with Crippen LogP contribution in [0.3, 0.4) is 0 Å². The van der Waals surface area contributed by atoms with Crippen molar-refractivity contribution in [3.8, 4) is 5.75 Å². The Balaban J connectivity index is 1.45.